The number of carbonyl (C=O) groups is 2. The minimum Gasteiger partial charge on any atom is -0.465 e. The second-order valence-electron chi connectivity index (χ2n) is 7.68. The number of benzene rings is 3. The average molecular weight is 489 g/mol. The molecule has 4 aromatic rings. The molecule has 0 radical (unpaired) electrons. The summed E-state index contributed by atoms with van der Waals surface area (Å²) >= 11 is 2.73. The molecule has 0 bridgehead atoms. The van der Waals surface area contributed by atoms with Crippen LogP contribution in [0.1, 0.15) is 26.7 Å². The second-order valence-corrected chi connectivity index (χ2v) is 9.74. The van der Waals surface area contributed by atoms with Crippen molar-refractivity contribution < 1.29 is 14.3 Å². The first-order valence-corrected chi connectivity index (χ1v) is 12.4. The Balaban J connectivity index is 1.67. The lowest BCUT2D eigenvalue weighted by Crippen LogP contribution is -2.20. The van der Waals surface area contributed by atoms with Crippen LogP contribution in [0.4, 0.5) is 10.7 Å². The highest BCUT2D eigenvalue weighted by atomic mass is 32.2. The molecule has 1 unspecified atom stereocenters. The van der Waals surface area contributed by atoms with E-state index in [1.165, 1.54) is 30.2 Å². The normalized spacial score (nSPS) is 11.6. The number of nitrogens with one attached hydrogen (secondary N) is 1. The Morgan fingerprint density at radius 1 is 0.971 bits per heavy atom. The maximum Gasteiger partial charge on any atom is 0.341 e. The van der Waals surface area contributed by atoms with E-state index >= 15 is 0 Å². The Morgan fingerprint density at radius 2 is 1.65 bits per heavy atom. The van der Waals surface area contributed by atoms with Crippen molar-refractivity contribution in [2.75, 3.05) is 18.2 Å². The van der Waals surface area contributed by atoms with Crippen LogP contribution in [0.3, 0.4) is 0 Å². The fourth-order valence-electron chi connectivity index (χ4n) is 3.46. The van der Waals surface area contributed by atoms with E-state index in [-0.39, 0.29) is 5.91 Å². The van der Waals surface area contributed by atoms with Crippen LogP contribution in [-0.2, 0) is 9.53 Å². The molecular weight excluding hydrogens is 464 g/mol. The van der Waals surface area contributed by atoms with Crippen molar-refractivity contribution in [3.05, 3.63) is 101 Å². The molecule has 1 aromatic heterocycles. The summed E-state index contributed by atoms with van der Waals surface area (Å²) in [5, 5.41) is 4.80. The van der Waals surface area contributed by atoms with E-state index in [9.17, 15) is 9.59 Å². The number of anilines is 2. The van der Waals surface area contributed by atoms with E-state index in [2.05, 4.69) is 5.32 Å². The van der Waals surface area contributed by atoms with Crippen molar-refractivity contribution in [2.45, 2.75) is 17.1 Å². The van der Waals surface area contributed by atoms with Crippen LogP contribution in [0, 0.1) is 6.92 Å². The van der Waals surface area contributed by atoms with Gasteiger partial charge in [-0.1, -0.05) is 60.2 Å². The Labute approximate surface area is 207 Å². The van der Waals surface area contributed by atoms with Gasteiger partial charge >= 0.3 is 5.97 Å². The third-order valence-electron chi connectivity index (χ3n) is 5.25. The Bertz CT molecular complexity index is 1280. The summed E-state index contributed by atoms with van der Waals surface area (Å²) in [6.45, 7) is 2.01. The van der Waals surface area contributed by atoms with Gasteiger partial charge in [-0.25, -0.2) is 4.79 Å². The molecule has 0 aliphatic carbocycles. The van der Waals surface area contributed by atoms with E-state index < -0.39 is 11.2 Å². The van der Waals surface area contributed by atoms with Crippen LogP contribution in [0.2, 0.25) is 0 Å². The molecule has 0 fully saturated rings. The summed E-state index contributed by atoms with van der Waals surface area (Å²) in [5.74, 6) is -0.718. The van der Waals surface area contributed by atoms with Gasteiger partial charge in [-0.3, -0.25) is 4.79 Å². The van der Waals surface area contributed by atoms with Crippen LogP contribution in [0.5, 0.6) is 0 Å². The van der Waals surface area contributed by atoms with Crippen LogP contribution in [0.15, 0.2) is 89.1 Å². The smallest absolute Gasteiger partial charge is 0.341 e. The Kier molecular flexibility index (Phi) is 7.35. The van der Waals surface area contributed by atoms with Crippen LogP contribution < -0.4 is 11.1 Å². The first-order valence-electron chi connectivity index (χ1n) is 10.6. The van der Waals surface area contributed by atoms with E-state index in [4.69, 9.17) is 10.5 Å². The van der Waals surface area contributed by atoms with Gasteiger partial charge in [-0.15, -0.1) is 23.1 Å². The minimum atomic E-state index is -0.528. The van der Waals surface area contributed by atoms with E-state index in [0.717, 1.165) is 27.1 Å². The summed E-state index contributed by atoms with van der Waals surface area (Å²) in [6, 6.07) is 24.8. The molecule has 172 valence electrons. The predicted octanol–water partition coefficient (Wildman–Crippen LogP) is 6.56. The molecule has 0 saturated heterocycles. The highest BCUT2D eigenvalue weighted by molar-refractivity contribution is 8.00. The zero-order valence-corrected chi connectivity index (χ0v) is 20.4. The van der Waals surface area contributed by atoms with Gasteiger partial charge in [0.25, 0.3) is 0 Å². The zero-order valence-electron chi connectivity index (χ0n) is 18.8. The summed E-state index contributed by atoms with van der Waals surface area (Å²) in [4.78, 5) is 27.2. The fourth-order valence-corrected chi connectivity index (χ4v) is 5.45. The van der Waals surface area contributed by atoms with Crippen molar-refractivity contribution in [1.29, 1.82) is 0 Å². The molecule has 0 aliphatic rings. The molecule has 1 amide bonds. The van der Waals surface area contributed by atoms with Crippen molar-refractivity contribution >= 4 is 45.7 Å². The largest absolute Gasteiger partial charge is 0.465 e. The first-order chi connectivity index (χ1) is 16.5. The SMILES string of the molecule is COC(=O)c1c(-c2ccc(C)cc2)csc1NC(=O)C(Sc1ccc(N)cc1)c1ccccc1. The predicted molar refractivity (Wildman–Crippen MR) is 140 cm³/mol. The van der Waals surface area contributed by atoms with Gasteiger partial charge in [-0.05, 0) is 42.3 Å². The van der Waals surface area contributed by atoms with Crippen molar-refractivity contribution in [3.63, 3.8) is 0 Å². The minimum absolute atomic E-state index is 0.226. The molecule has 1 atom stereocenters. The van der Waals surface area contributed by atoms with Crippen molar-refractivity contribution in [2.24, 2.45) is 0 Å². The molecule has 0 saturated carbocycles. The van der Waals surface area contributed by atoms with Crippen molar-refractivity contribution in [1.82, 2.24) is 0 Å². The number of methoxy groups -OCH3 is 1. The summed E-state index contributed by atoms with van der Waals surface area (Å²) in [5.41, 5.74) is 10.4. The number of aryl methyl sites for hydroxylation is 1. The monoisotopic (exact) mass is 488 g/mol. The van der Waals surface area contributed by atoms with Crippen molar-refractivity contribution in [3.8, 4) is 11.1 Å². The fraction of sp³-hybridized carbons (Fsp3) is 0.111. The van der Waals surface area contributed by atoms with E-state index in [1.807, 2.05) is 91.2 Å². The van der Waals surface area contributed by atoms with Crippen LogP contribution in [-0.4, -0.2) is 19.0 Å². The molecular formula is C27H24N2O3S2. The molecule has 34 heavy (non-hydrogen) atoms. The Morgan fingerprint density at radius 3 is 2.29 bits per heavy atom. The highest BCUT2D eigenvalue weighted by Gasteiger charge is 2.27. The third kappa shape index (κ3) is 5.32. The molecule has 1 heterocycles. The summed E-state index contributed by atoms with van der Waals surface area (Å²) in [7, 11) is 1.34. The number of carbonyl (C=O) groups excluding carboxylic acids is 2. The molecule has 7 heteroatoms. The number of ether oxygens (including phenoxy) is 1. The van der Waals surface area contributed by atoms with Gasteiger partial charge in [0.1, 0.15) is 15.8 Å². The quantitative estimate of drug-likeness (QED) is 0.175. The topological polar surface area (TPSA) is 81.4 Å². The number of thioether (sulfide) groups is 1. The lowest BCUT2D eigenvalue weighted by atomic mass is 10.0. The molecule has 0 spiro atoms. The van der Waals surface area contributed by atoms with Crippen LogP contribution >= 0.6 is 23.1 Å². The number of rotatable bonds is 7. The third-order valence-corrected chi connectivity index (χ3v) is 7.42. The number of esters is 1. The zero-order chi connectivity index (χ0) is 24.1. The number of amides is 1. The number of nitrogens with two attached hydrogens (primary N) is 1. The summed E-state index contributed by atoms with van der Waals surface area (Å²) in [6.07, 6.45) is 0. The van der Waals surface area contributed by atoms with Gasteiger partial charge in [0, 0.05) is 21.5 Å². The first kappa shape index (κ1) is 23.6. The number of nitrogen functional groups attached to an aromatic ring is 1. The molecule has 4 rings (SSSR count). The second kappa shape index (κ2) is 10.6. The van der Waals surface area contributed by atoms with Gasteiger partial charge in [0.15, 0.2) is 0 Å². The van der Waals surface area contributed by atoms with E-state index in [0.29, 0.717) is 16.3 Å². The molecule has 3 aromatic carbocycles. The van der Waals surface area contributed by atoms with Gasteiger partial charge in [-0.2, -0.15) is 0 Å². The average Bonchev–Trinajstić information content (AvgIpc) is 3.27. The lowest BCUT2D eigenvalue weighted by molar-refractivity contribution is -0.115. The maximum atomic E-state index is 13.5. The highest BCUT2D eigenvalue weighted by Crippen LogP contribution is 2.40. The van der Waals surface area contributed by atoms with Crippen LogP contribution in [0.25, 0.3) is 11.1 Å². The standard InChI is InChI=1S/C27H24N2O3S2/c1-17-8-10-18(11-9-17)22-16-33-26(23(22)27(31)32-2)29-25(30)24(19-6-4-3-5-7-19)34-21-14-12-20(28)13-15-21/h3-16,24H,28H2,1-2H3,(H,29,30). The maximum absolute atomic E-state index is 13.5. The Hall–Kier alpha value is -3.55. The number of thiophene rings is 1. The number of hydrogen-bond acceptors (Lipinski definition) is 6. The van der Waals surface area contributed by atoms with Gasteiger partial charge in [0.2, 0.25) is 5.91 Å². The molecule has 3 N–H and O–H groups in total. The van der Waals surface area contributed by atoms with Gasteiger partial charge < -0.3 is 15.8 Å². The summed E-state index contributed by atoms with van der Waals surface area (Å²) < 4.78 is 5.05. The van der Waals surface area contributed by atoms with E-state index in [1.54, 1.807) is 0 Å². The lowest BCUT2D eigenvalue weighted by Gasteiger charge is -2.17. The molecule has 5 nitrogen and oxygen atoms in total. The van der Waals surface area contributed by atoms with Gasteiger partial charge in [0.05, 0.1) is 7.11 Å². The molecule has 0 aliphatic heterocycles. The number of hydrogen-bond donors (Lipinski definition) is 2.